The fourth-order valence-electron chi connectivity index (χ4n) is 3.63. The van der Waals surface area contributed by atoms with Crippen LogP contribution in [0.25, 0.3) is 22.4 Å². The minimum absolute atomic E-state index is 0.235. The van der Waals surface area contributed by atoms with Crippen LogP contribution in [0.15, 0.2) is 61.1 Å². The van der Waals surface area contributed by atoms with Crippen molar-refractivity contribution in [2.45, 2.75) is 19.3 Å². The molecule has 1 aliphatic heterocycles. The van der Waals surface area contributed by atoms with Crippen molar-refractivity contribution < 1.29 is 9.23 Å². The largest absolute Gasteiger partial charge is 0.412 e. The van der Waals surface area contributed by atoms with Crippen LogP contribution in [-0.2, 0) is 0 Å². The van der Waals surface area contributed by atoms with Crippen LogP contribution in [0.5, 0.6) is 0 Å². The first kappa shape index (κ1) is 17.7. The molecule has 0 saturated carbocycles. The number of halogens is 1. The van der Waals surface area contributed by atoms with Gasteiger partial charge in [-0.05, 0) is 61.8 Å². The Balaban J connectivity index is 1.58. The molecule has 0 unspecified atom stereocenters. The maximum absolute atomic E-state index is 13.3. The second kappa shape index (κ2) is 8.35. The number of hydrogen-bond acceptors (Lipinski definition) is 3. The number of hydrogen-bond donors (Lipinski definition) is 0. The number of nitrogens with zero attached hydrogens (tertiary/aromatic N) is 3. The lowest BCUT2D eigenvalue weighted by molar-refractivity contribution is 0.0835. The Morgan fingerprint density at radius 3 is 2.37 bits per heavy atom. The van der Waals surface area contributed by atoms with Crippen molar-refractivity contribution in [3.63, 3.8) is 0 Å². The highest BCUT2D eigenvalue weighted by atomic mass is 19.1. The molecule has 1 saturated heterocycles. The molecule has 0 spiro atoms. The summed E-state index contributed by atoms with van der Waals surface area (Å²) in [5.74, 6) is -0.235. The Labute approximate surface area is 159 Å². The Kier molecular flexibility index (Phi) is 5.49. The minimum Gasteiger partial charge on any atom is -0.412 e. The van der Waals surface area contributed by atoms with Crippen molar-refractivity contribution in [1.82, 2.24) is 14.6 Å². The third-order valence-electron chi connectivity index (χ3n) is 5.05. The number of piperidine rings is 1. The Hall–Kier alpha value is -2.66. The van der Waals surface area contributed by atoms with E-state index in [1.807, 2.05) is 29.1 Å². The fraction of sp³-hybridized carbons (Fsp3) is 0.318. The summed E-state index contributed by atoms with van der Waals surface area (Å²) >= 11 is 0. The highest BCUT2D eigenvalue weighted by Crippen LogP contribution is 2.32. The van der Waals surface area contributed by atoms with E-state index in [9.17, 15) is 4.39 Å². The highest BCUT2D eigenvalue weighted by molar-refractivity contribution is 5.81. The van der Waals surface area contributed by atoms with Crippen LogP contribution in [0.4, 0.5) is 4.39 Å². The van der Waals surface area contributed by atoms with Crippen molar-refractivity contribution in [3.05, 3.63) is 66.9 Å². The third-order valence-corrected chi connectivity index (χ3v) is 5.05. The summed E-state index contributed by atoms with van der Waals surface area (Å²) in [6, 6.07) is 12.5. The second-order valence-corrected chi connectivity index (χ2v) is 6.88. The number of pyridine rings is 1. The normalized spacial score (nSPS) is 15.0. The summed E-state index contributed by atoms with van der Waals surface area (Å²) in [4.78, 5) is 12.7. The standard InChI is InChI=1S/C22H24FN3O/c23-20-6-4-18(5-7-20)21-10-15-26(22(21)19-8-11-24-12-9-19)27-17-16-25-13-2-1-3-14-25/h4-12,15H,1-3,13-14,16-17H2. The zero-order chi connectivity index (χ0) is 18.5. The zero-order valence-corrected chi connectivity index (χ0v) is 15.4. The predicted octanol–water partition coefficient (Wildman–Crippen LogP) is 4.27. The summed E-state index contributed by atoms with van der Waals surface area (Å²) in [6.45, 7) is 3.88. The van der Waals surface area contributed by atoms with Gasteiger partial charge in [-0.2, -0.15) is 4.73 Å². The summed E-state index contributed by atoms with van der Waals surface area (Å²) in [5, 5.41) is 0. The van der Waals surface area contributed by atoms with Gasteiger partial charge in [-0.1, -0.05) is 18.6 Å². The molecule has 0 amide bonds. The molecule has 0 aliphatic carbocycles. The summed E-state index contributed by atoms with van der Waals surface area (Å²) in [5.41, 5.74) is 3.95. The number of aromatic nitrogens is 2. The lowest BCUT2D eigenvalue weighted by Gasteiger charge is -2.26. The van der Waals surface area contributed by atoms with Gasteiger partial charge in [0.25, 0.3) is 0 Å². The molecular formula is C22H24FN3O. The van der Waals surface area contributed by atoms with Crippen molar-refractivity contribution in [3.8, 4) is 22.4 Å². The van der Waals surface area contributed by atoms with Gasteiger partial charge >= 0.3 is 0 Å². The van der Waals surface area contributed by atoms with Gasteiger partial charge in [0.2, 0.25) is 0 Å². The Morgan fingerprint density at radius 1 is 0.889 bits per heavy atom. The average Bonchev–Trinajstić information content (AvgIpc) is 3.14. The molecule has 0 N–H and O–H groups in total. The van der Waals surface area contributed by atoms with Gasteiger partial charge in [0, 0.05) is 36.3 Å². The van der Waals surface area contributed by atoms with Crippen LogP contribution < -0.4 is 4.84 Å². The number of benzene rings is 1. The molecule has 5 heteroatoms. The van der Waals surface area contributed by atoms with Gasteiger partial charge in [0.1, 0.15) is 12.4 Å². The Morgan fingerprint density at radius 2 is 1.63 bits per heavy atom. The molecule has 1 aliphatic rings. The van der Waals surface area contributed by atoms with E-state index in [0.717, 1.165) is 42.0 Å². The molecule has 4 nitrogen and oxygen atoms in total. The molecule has 3 aromatic rings. The quantitative estimate of drug-likeness (QED) is 0.653. The van der Waals surface area contributed by atoms with Crippen molar-refractivity contribution in [1.29, 1.82) is 0 Å². The first-order chi connectivity index (χ1) is 13.3. The summed E-state index contributed by atoms with van der Waals surface area (Å²) < 4.78 is 15.2. The smallest absolute Gasteiger partial charge is 0.127 e. The molecule has 3 heterocycles. The lowest BCUT2D eigenvalue weighted by atomic mass is 10.0. The number of likely N-dealkylation sites (tertiary alicyclic amines) is 1. The van der Waals surface area contributed by atoms with E-state index in [2.05, 4.69) is 9.88 Å². The maximum Gasteiger partial charge on any atom is 0.127 e. The molecule has 140 valence electrons. The van der Waals surface area contributed by atoms with Gasteiger partial charge in [-0.3, -0.25) is 9.88 Å². The molecule has 27 heavy (non-hydrogen) atoms. The maximum atomic E-state index is 13.3. The second-order valence-electron chi connectivity index (χ2n) is 6.88. The third kappa shape index (κ3) is 4.19. The molecule has 1 aromatic carbocycles. The van der Waals surface area contributed by atoms with E-state index < -0.39 is 0 Å². The summed E-state index contributed by atoms with van der Waals surface area (Å²) in [6.07, 6.45) is 9.37. The Bertz CT molecular complexity index is 855. The van der Waals surface area contributed by atoms with Gasteiger partial charge in [0.05, 0.1) is 5.69 Å². The highest BCUT2D eigenvalue weighted by Gasteiger charge is 2.15. The van der Waals surface area contributed by atoms with Crippen LogP contribution in [-0.4, -0.2) is 40.9 Å². The molecule has 0 atom stereocenters. The van der Waals surface area contributed by atoms with Crippen LogP contribution in [0.3, 0.4) is 0 Å². The topological polar surface area (TPSA) is 30.3 Å². The monoisotopic (exact) mass is 365 g/mol. The minimum atomic E-state index is -0.235. The molecule has 4 rings (SSSR count). The zero-order valence-electron chi connectivity index (χ0n) is 15.4. The van der Waals surface area contributed by atoms with Crippen LogP contribution >= 0.6 is 0 Å². The molecular weight excluding hydrogens is 341 g/mol. The van der Waals surface area contributed by atoms with Crippen LogP contribution in [0.2, 0.25) is 0 Å². The van der Waals surface area contributed by atoms with Gasteiger partial charge in [0.15, 0.2) is 0 Å². The molecule has 1 fully saturated rings. The van der Waals surface area contributed by atoms with Crippen LogP contribution in [0, 0.1) is 5.82 Å². The summed E-state index contributed by atoms with van der Waals surface area (Å²) in [7, 11) is 0. The average molecular weight is 365 g/mol. The van der Waals surface area contributed by atoms with Crippen LogP contribution in [0.1, 0.15) is 19.3 Å². The van der Waals surface area contributed by atoms with E-state index >= 15 is 0 Å². The van der Waals surface area contributed by atoms with E-state index in [0.29, 0.717) is 6.61 Å². The number of rotatable bonds is 6. The van der Waals surface area contributed by atoms with Gasteiger partial charge in [-0.15, -0.1) is 0 Å². The predicted molar refractivity (Wildman–Crippen MR) is 105 cm³/mol. The first-order valence-electron chi connectivity index (χ1n) is 9.54. The van der Waals surface area contributed by atoms with E-state index in [4.69, 9.17) is 4.84 Å². The SMILES string of the molecule is Fc1ccc(-c2ccn(OCCN3CCCCC3)c2-c2ccncc2)cc1. The van der Waals surface area contributed by atoms with E-state index in [1.54, 1.807) is 24.5 Å². The van der Waals surface area contributed by atoms with Crippen molar-refractivity contribution in [2.75, 3.05) is 26.2 Å². The first-order valence-corrected chi connectivity index (χ1v) is 9.54. The molecule has 2 aromatic heterocycles. The van der Waals surface area contributed by atoms with Gasteiger partial charge in [-0.25, -0.2) is 4.39 Å². The molecule has 0 radical (unpaired) electrons. The van der Waals surface area contributed by atoms with Crippen molar-refractivity contribution >= 4 is 0 Å². The van der Waals surface area contributed by atoms with Crippen molar-refractivity contribution in [2.24, 2.45) is 0 Å². The molecule has 0 bridgehead atoms. The fourth-order valence-corrected chi connectivity index (χ4v) is 3.63. The van der Waals surface area contributed by atoms with E-state index in [1.165, 1.54) is 31.4 Å². The lowest BCUT2D eigenvalue weighted by Crippen LogP contribution is -2.34. The van der Waals surface area contributed by atoms with Gasteiger partial charge < -0.3 is 4.84 Å². The van der Waals surface area contributed by atoms with E-state index in [-0.39, 0.29) is 5.82 Å².